The van der Waals surface area contributed by atoms with Crippen LogP contribution in [0.15, 0.2) is 28.7 Å². The number of piperidine rings is 1. The fourth-order valence-electron chi connectivity index (χ4n) is 2.73. The molecule has 5 heteroatoms. The summed E-state index contributed by atoms with van der Waals surface area (Å²) in [5.74, 6) is 0.258. The molecule has 1 aliphatic heterocycles. The monoisotopic (exact) mass is 354 g/mol. The summed E-state index contributed by atoms with van der Waals surface area (Å²) < 4.78 is 6.06. The molecular formula is C16H23BrN2O2. The van der Waals surface area contributed by atoms with E-state index < -0.39 is 0 Å². The van der Waals surface area contributed by atoms with E-state index >= 15 is 0 Å². The normalized spacial score (nSPS) is 19.4. The van der Waals surface area contributed by atoms with Gasteiger partial charge in [-0.15, -0.1) is 0 Å². The minimum Gasteiger partial charge on any atom is -0.383 e. The van der Waals surface area contributed by atoms with Gasteiger partial charge in [-0.2, -0.15) is 0 Å². The fraction of sp³-hybridized carbons (Fsp3) is 0.562. The second-order valence-corrected chi connectivity index (χ2v) is 6.40. The second kappa shape index (κ2) is 8.51. The number of ether oxygens (including phenoxy) is 1. The summed E-state index contributed by atoms with van der Waals surface area (Å²) >= 11 is 3.50. The summed E-state index contributed by atoms with van der Waals surface area (Å²) in [6.45, 7) is 3.97. The number of nitrogens with one attached hydrogen (secondary N) is 1. The molecule has 1 aromatic rings. The lowest BCUT2D eigenvalue weighted by Gasteiger charge is -2.32. The summed E-state index contributed by atoms with van der Waals surface area (Å²) in [7, 11) is 1.65. The molecule has 0 aromatic heterocycles. The van der Waals surface area contributed by atoms with Crippen molar-refractivity contribution in [3.63, 3.8) is 0 Å². The lowest BCUT2D eigenvalue weighted by atomic mass is 9.96. The van der Waals surface area contributed by atoms with Crippen LogP contribution >= 0.6 is 15.9 Å². The highest BCUT2D eigenvalue weighted by Crippen LogP contribution is 2.20. The Bertz CT molecular complexity index is 467. The predicted octanol–water partition coefficient (Wildman–Crippen LogP) is 2.42. The number of halogens is 1. The van der Waals surface area contributed by atoms with E-state index in [-0.39, 0.29) is 11.8 Å². The third kappa shape index (κ3) is 5.41. The molecule has 1 atom stereocenters. The number of benzene rings is 1. The van der Waals surface area contributed by atoms with Crippen molar-refractivity contribution >= 4 is 21.8 Å². The van der Waals surface area contributed by atoms with Gasteiger partial charge < -0.3 is 10.1 Å². The third-order valence-corrected chi connectivity index (χ3v) is 4.27. The maximum absolute atomic E-state index is 12.1. The third-order valence-electron chi connectivity index (χ3n) is 3.78. The Morgan fingerprint density at radius 1 is 1.52 bits per heavy atom. The number of rotatable bonds is 6. The van der Waals surface area contributed by atoms with Gasteiger partial charge >= 0.3 is 0 Å². The van der Waals surface area contributed by atoms with Gasteiger partial charge in [-0.05, 0) is 37.1 Å². The molecule has 1 heterocycles. The number of methoxy groups -OCH3 is 1. The van der Waals surface area contributed by atoms with Gasteiger partial charge in [0.2, 0.25) is 5.91 Å². The van der Waals surface area contributed by atoms with Crippen LogP contribution in [0.4, 0.5) is 0 Å². The summed E-state index contributed by atoms with van der Waals surface area (Å²) in [4.78, 5) is 14.5. The molecule has 1 unspecified atom stereocenters. The molecule has 0 aliphatic carbocycles. The average molecular weight is 355 g/mol. The molecule has 0 radical (unpaired) electrons. The lowest BCUT2D eigenvalue weighted by Crippen LogP contribution is -2.43. The highest BCUT2D eigenvalue weighted by molar-refractivity contribution is 9.10. The summed E-state index contributed by atoms with van der Waals surface area (Å²) in [6.07, 6.45) is 2.06. The highest BCUT2D eigenvalue weighted by Gasteiger charge is 2.25. The van der Waals surface area contributed by atoms with E-state index in [0.29, 0.717) is 13.2 Å². The van der Waals surface area contributed by atoms with Crippen molar-refractivity contribution in [1.29, 1.82) is 0 Å². The van der Waals surface area contributed by atoms with Crippen LogP contribution in [0.3, 0.4) is 0 Å². The van der Waals surface area contributed by atoms with Crippen molar-refractivity contribution in [3.05, 3.63) is 34.3 Å². The van der Waals surface area contributed by atoms with Gasteiger partial charge in [0.05, 0.1) is 12.5 Å². The quantitative estimate of drug-likeness (QED) is 0.797. The van der Waals surface area contributed by atoms with Crippen molar-refractivity contribution in [2.24, 2.45) is 5.92 Å². The minimum absolute atomic E-state index is 0.0998. The van der Waals surface area contributed by atoms with Crippen LogP contribution in [0, 0.1) is 5.92 Å². The van der Waals surface area contributed by atoms with E-state index in [0.717, 1.165) is 36.9 Å². The lowest BCUT2D eigenvalue weighted by molar-refractivity contribution is -0.127. The number of carbonyl (C=O) groups excluding carboxylic acids is 1. The minimum atomic E-state index is 0.0998. The first kappa shape index (κ1) is 16.5. The maximum atomic E-state index is 12.1. The van der Waals surface area contributed by atoms with Gasteiger partial charge in [0, 0.05) is 31.2 Å². The largest absolute Gasteiger partial charge is 0.383 e. The zero-order chi connectivity index (χ0) is 15.1. The Kier molecular flexibility index (Phi) is 6.67. The van der Waals surface area contributed by atoms with Crippen LogP contribution in [0.1, 0.15) is 18.4 Å². The van der Waals surface area contributed by atoms with Gasteiger partial charge in [0.15, 0.2) is 0 Å². The number of hydrogen-bond acceptors (Lipinski definition) is 3. The number of nitrogens with zero attached hydrogens (tertiary/aromatic N) is 1. The Hall–Kier alpha value is -0.910. The van der Waals surface area contributed by atoms with Crippen molar-refractivity contribution in [1.82, 2.24) is 10.2 Å². The van der Waals surface area contributed by atoms with E-state index in [1.807, 2.05) is 6.07 Å². The van der Waals surface area contributed by atoms with Crippen LogP contribution in [-0.4, -0.2) is 44.2 Å². The Balaban J connectivity index is 1.84. The molecule has 1 N–H and O–H groups in total. The van der Waals surface area contributed by atoms with Crippen LogP contribution < -0.4 is 5.32 Å². The van der Waals surface area contributed by atoms with E-state index in [2.05, 4.69) is 44.3 Å². The molecule has 0 bridgehead atoms. The van der Waals surface area contributed by atoms with Crippen LogP contribution in [0.5, 0.6) is 0 Å². The molecule has 0 saturated carbocycles. The van der Waals surface area contributed by atoms with Gasteiger partial charge in [0.1, 0.15) is 0 Å². The van der Waals surface area contributed by atoms with Crippen LogP contribution in [0.25, 0.3) is 0 Å². The smallest absolute Gasteiger partial charge is 0.224 e. The maximum Gasteiger partial charge on any atom is 0.224 e. The molecular weight excluding hydrogens is 332 g/mol. The van der Waals surface area contributed by atoms with E-state index in [9.17, 15) is 4.79 Å². The van der Waals surface area contributed by atoms with Gasteiger partial charge in [0.25, 0.3) is 0 Å². The van der Waals surface area contributed by atoms with Crippen molar-refractivity contribution in [2.45, 2.75) is 19.4 Å². The molecule has 116 valence electrons. The van der Waals surface area contributed by atoms with Crippen molar-refractivity contribution in [3.8, 4) is 0 Å². The zero-order valence-electron chi connectivity index (χ0n) is 12.5. The first-order valence-electron chi connectivity index (χ1n) is 7.42. The van der Waals surface area contributed by atoms with Crippen molar-refractivity contribution < 1.29 is 9.53 Å². The van der Waals surface area contributed by atoms with Crippen LogP contribution in [-0.2, 0) is 16.1 Å². The van der Waals surface area contributed by atoms with Gasteiger partial charge in [-0.1, -0.05) is 28.1 Å². The Morgan fingerprint density at radius 2 is 2.38 bits per heavy atom. The molecule has 1 amide bonds. The second-order valence-electron chi connectivity index (χ2n) is 5.49. The number of carbonyl (C=O) groups is 1. The number of likely N-dealkylation sites (tertiary alicyclic amines) is 1. The molecule has 1 aromatic carbocycles. The Labute approximate surface area is 135 Å². The van der Waals surface area contributed by atoms with E-state index in [1.165, 1.54) is 5.56 Å². The van der Waals surface area contributed by atoms with Gasteiger partial charge in [-0.25, -0.2) is 0 Å². The standard InChI is InChI=1S/C16H23BrN2O2/c1-21-9-7-18-16(20)14-5-3-8-19(12-14)11-13-4-2-6-15(17)10-13/h2,4,6,10,14H,3,5,7-9,11-12H2,1H3,(H,18,20). The number of amides is 1. The summed E-state index contributed by atoms with van der Waals surface area (Å²) in [5.41, 5.74) is 1.28. The highest BCUT2D eigenvalue weighted by atomic mass is 79.9. The molecule has 1 fully saturated rings. The summed E-state index contributed by atoms with van der Waals surface area (Å²) in [5, 5.41) is 2.95. The SMILES string of the molecule is COCCNC(=O)C1CCCN(Cc2cccc(Br)c2)C1. The Morgan fingerprint density at radius 3 is 3.14 bits per heavy atom. The summed E-state index contributed by atoms with van der Waals surface area (Å²) in [6, 6.07) is 8.36. The van der Waals surface area contributed by atoms with E-state index in [4.69, 9.17) is 4.74 Å². The number of hydrogen-bond donors (Lipinski definition) is 1. The van der Waals surface area contributed by atoms with E-state index in [1.54, 1.807) is 7.11 Å². The molecule has 2 rings (SSSR count). The van der Waals surface area contributed by atoms with Gasteiger partial charge in [-0.3, -0.25) is 9.69 Å². The van der Waals surface area contributed by atoms with Crippen molar-refractivity contribution in [2.75, 3.05) is 33.4 Å². The average Bonchev–Trinajstić information content (AvgIpc) is 2.48. The topological polar surface area (TPSA) is 41.6 Å². The van der Waals surface area contributed by atoms with Crippen LogP contribution in [0.2, 0.25) is 0 Å². The predicted molar refractivity (Wildman–Crippen MR) is 87.0 cm³/mol. The molecule has 1 aliphatic rings. The first-order valence-corrected chi connectivity index (χ1v) is 8.22. The fourth-order valence-corrected chi connectivity index (χ4v) is 3.17. The molecule has 4 nitrogen and oxygen atoms in total. The molecule has 21 heavy (non-hydrogen) atoms. The zero-order valence-corrected chi connectivity index (χ0v) is 14.1. The first-order chi connectivity index (χ1) is 10.2. The molecule has 1 saturated heterocycles. The molecule has 0 spiro atoms.